The van der Waals surface area contributed by atoms with Crippen molar-refractivity contribution in [2.75, 3.05) is 27.4 Å². The summed E-state index contributed by atoms with van der Waals surface area (Å²) >= 11 is 0. The summed E-state index contributed by atoms with van der Waals surface area (Å²) in [6, 6.07) is 1.01. The Balaban J connectivity index is 3.71. The van der Waals surface area contributed by atoms with Crippen LogP contribution in [0.3, 0.4) is 0 Å². The van der Waals surface area contributed by atoms with Crippen LogP contribution in [0.1, 0.15) is 20.3 Å². The molecule has 16 heavy (non-hydrogen) atoms. The molecule has 0 aliphatic heterocycles. The van der Waals surface area contributed by atoms with E-state index in [9.17, 15) is 0 Å². The number of hydrogen-bond acceptors (Lipinski definition) is 3. The summed E-state index contributed by atoms with van der Waals surface area (Å²) in [6.45, 7) is 11.5. The van der Waals surface area contributed by atoms with Crippen molar-refractivity contribution in [3.63, 3.8) is 0 Å². The first-order valence-corrected chi connectivity index (χ1v) is 8.28. The van der Waals surface area contributed by atoms with Crippen molar-refractivity contribution in [3.8, 4) is 0 Å². The van der Waals surface area contributed by atoms with E-state index in [1.165, 1.54) is 0 Å². The second-order valence-corrected chi connectivity index (χ2v) is 8.24. The van der Waals surface area contributed by atoms with E-state index in [4.69, 9.17) is 13.6 Å². The molecule has 0 saturated heterocycles. The van der Waals surface area contributed by atoms with Crippen molar-refractivity contribution in [2.24, 2.45) is 5.92 Å². The summed E-state index contributed by atoms with van der Waals surface area (Å²) in [7, 11) is 1.57. The van der Waals surface area contributed by atoms with Gasteiger partial charge < -0.3 is 13.6 Å². The molecule has 0 aliphatic rings. The smallest absolute Gasteiger partial charge is 0.334 e. The normalized spacial score (nSPS) is 13.8. The first kappa shape index (κ1) is 15.8. The predicted molar refractivity (Wildman–Crippen MR) is 69.9 cm³/mol. The Morgan fingerprint density at radius 1 is 1.31 bits per heavy atom. The van der Waals surface area contributed by atoms with E-state index in [0.29, 0.717) is 12.5 Å². The van der Waals surface area contributed by atoms with Crippen LogP contribution in [-0.4, -0.2) is 36.0 Å². The highest BCUT2D eigenvalue weighted by molar-refractivity contribution is 6.65. The maximum atomic E-state index is 5.52. The van der Waals surface area contributed by atoms with Crippen LogP contribution in [0, 0.1) is 5.92 Å². The fraction of sp³-hybridized carbons (Fsp3) is 0.833. The Morgan fingerprint density at radius 3 is 2.31 bits per heavy atom. The molecule has 3 nitrogen and oxygen atoms in total. The number of rotatable bonds is 9. The first-order chi connectivity index (χ1) is 7.43. The van der Waals surface area contributed by atoms with Gasteiger partial charge in [-0.25, -0.2) is 0 Å². The van der Waals surface area contributed by atoms with Crippen LogP contribution in [0.15, 0.2) is 12.2 Å². The minimum atomic E-state index is -1.89. The summed E-state index contributed by atoms with van der Waals surface area (Å²) < 4.78 is 16.4. The van der Waals surface area contributed by atoms with Crippen LogP contribution in [0.2, 0.25) is 12.6 Å². The second kappa shape index (κ2) is 8.01. The molecule has 0 bridgehead atoms. The minimum absolute atomic E-state index is 0.538. The molecule has 0 fully saturated rings. The molecule has 0 aliphatic carbocycles. The average molecular weight is 246 g/mol. The molecule has 0 saturated carbocycles. The Morgan fingerprint density at radius 2 is 1.88 bits per heavy atom. The monoisotopic (exact) mass is 246 g/mol. The zero-order valence-corrected chi connectivity index (χ0v) is 12.3. The molecular weight excluding hydrogens is 220 g/mol. The zero-order valence-electron chi connectivity index (χ0n) is 11.3. The standard InChI is InChI=1S/C12H26O3Si/c1-11(2)9-15-10-12(3)7-8-16(6,13-4)14-5/h12H,1,7-10H2,2-6H3. The zero-order chi connectivity index (χ0) is 12.6. The van der Waals surface area contributed by atoms with Gasteiger partial charge in [-0.3, -0.25) is 0 Å². The van der Waals surface area contributed by atoms with Crippen LogP contribution < -0.4 is 0 Å². The lowest BCUT2D eigenvalue weighted by atomic mass is 10.1. The summed E-state index contributed by atoms with van der Waals surface area (Å²) in [5.41, 5.74) is 1.07. The molecule has 0 N–H and O–H groups in total. The van der Waals surface area contributed by atoms with E-state index in [2.05, 4.69) is 20.0 Å². The highest BCUT2D eigenvalue weighted by atomic mass is 28.4. The molecule has 1 atom stereocenters. The molecule has 0 spiro atoms. The van der Waals surface area contributed by atoms with Gasteiger partial charge in [0.05, 0.1) is 6.61 Å². The summed E-state index contributed by atoms with van der Waals surface area (Å²) in [4.78, 5) is 0. The van der Waals surface area contributed by atoms with Gasteiger partial charge in [0.1, 0.15) is 0 Å². The third kappa shape index (κ3) is 7.17. The van der Waals surface area contributed by atoms with Crippen LogP contribution >= 0.6 is 0 Å². The van der Waals surface area contributed by atoms with Crippen molar-refractivity contribution in [1.29, 1.82) is 0 Å². The van der Waals surface area contributed by atoms with E-state index in [0.717, 1.165) is 24.6 Å². The molecule has 0 aromatic heterocycles. The van der Waals surface area contributed by atoms with Gasteiger partial charge in [-0.2, -0.15) is 0 Å². The minimum Gasteiger partial charge on any atom is -0.398 e. The van der Waals surface area contributed by atoms with Gasteiger partial charge in [0.25, 0.3) is 0 Å². The maximum Gasteiger partial charge on any atom is 0.334 e. The van der Waals surface area contributed by atoms with Gasteiger partial charge in [0.2, 0.25) is 0 Å². The van der Waals surface area contributed by atoms with Crippen LogP contribution in [0.4, 0.5) is 0 Å². The van der Waals surface area contributed by atoms with Gasteiger partial charge in [-0.1, -0.05) is 19.1 Å². The molecule has 0 aromatic rings. The topological polar surface area (TPSA) is 27.7 Å². The molecule has 0 heterocycles. The first-order valence-electron chi connectivity index (χ1n) is 5.76. The van der Waals surface area contributed by atoms with Gasteiger partial charge in [-0.05, 0) is 31.9 Å². The molecule has 0 radical (unpaired) electrons. The molecule has 0 aromatic carbocycles. The van der Waals surface area contributed by atoms with Gasteiger partial charge in [0.15, 0.2) is 0 Å². The van der Waals surface area contributed by atoms with Crippen molar-refractivity contribution in [2.45, 2.75) is 32.9 Å². The molecular formula is C12H26O3Si. The van der Waals surface area contributed by atoms with Crippen LogP contribution in [-0.2, 0) is 13.6 Å². The van der Waals surface area contributed by atoms with E-state index in [1.54, 1.807) is 14.2 Å². The molecule has 96 valence electrons. The maximum absolute atomic E-state index is 5.52. The van der Waals surface area contributed by atoms with E-state index >= 15 is 0 Å². The van der Waals surface area contributed by atoms with Gasteiger partial charge in [-0.15, -0.1) is 0 Å². The predicted octanol–water partition coefficient (Wildman–Crippen LogP) is 2.97. The fourth-order valence-electron chi connectivity index (χ4n) is 1.31. The fourth-order valence-corrected chi connectivity index (χ4v) is 2.91. The van der Waals surface area contributed by atoms with Crippen molar-refractivity contribution < 1.29 is 13.6 Å². The summed E-state index contributed by atoms with van der Waals surface area (Å²) in [6.07, 6.45) is 1.08. The second-order valence-electron chi connectivity index (χ2n) is 4.66. The SMILES string of the molecule is C=C(C)COCC(C)CC[Si](C)(OC)OC. The van der Waals surface area contributed by atoms with E-state index < -0.39 is 8.56 Å². The Bertz CT molecular complexity index is 202. The van der Waals surface area contributed by atoms with Gasteiger partial charge in [0, 0.05) is 20.8 Å². The van der Waals surface area contributed by atoms with Crippen molar-refractivity contribution in [1.82, 2.24) is 0 Å². The Hall–Kier alpha value is -0.163. The lowest BCUT2D eigenvalue weighted by Crippen LogP contribution is -2.36. The van der Waals surface area contributed by atoms with E-state index in [-0.39, 0.29) is 0 Å². The average Bonchev–Trinajstić information content (AvgIpc) is 2.25. The van der Waals surface area contributed by atoms with Gasteiger partial charge >= 0.3 is 8.56 Å². The van der Waals surface area contributed by atoms with Crippen molar-refractivity contribution in [3.05, 3.63) is 12.2 Å². The van der Waals surface area contributed by atoms with Crippen LogP contribution in [0.5, 0.6) is 0 Å². The summed E-state index contributed by atoms with van der Waals surface area (Å²) in [5, 5.41) is 0. The lowest BCUT2D eigenvalue weighted by Gasteiger charge is -2.24. The molecule has 0 amide bonds. The largest absolute Gasteiger partial charge is 0.398 e. The molecule has 0 rings (SSSR count). The lowest BCUT2D eigenvalue weighted by molar-refractivity contribution is 0.121. The molecule has 4 heteroatoms. The quantitative estimate of drug-likeness (QED) is 0.462. The third-order valence-electron chi connectivity index (χ3n) is 2.71. The van der Waals surface area contributed by atoms with Crippen LogP contribution in [0.25, 0.3) is 0 Å². The molecule has 1 unspecified atom stereocenters. The third-order valence-corrected chi connectivity index (χ3v) is 5.63. The Labute approximate surface area is 101 Å². The van der Waals surface area contributed by atoms with Crippen molar-refractivity contribution >= 4 is 8.56 Å². The Kier molecular flexibility index (Phi) is 7.92. The number of hydrogen-bond donors (Lipinski definition) is 0. The number of ether oxygens (including phenoxy) is 1. The highest BCUT2D eigenvalue weighted by Gasteiger charge is 2.28. The van der Waals surface area contributed by atoms with E-state index in [1.807, 2.05) is 6.92 Å². The highest BCUT2D eigenvalue weighted by Crippen LogP contribution is 2.18. The summed E-state index contributed by atoms with van der Waals surface area (Å²) in [5.74, 6) is 0.538.